The van der Waals surface area contributed by atoms with Crippen LogP contribution in [0.15, 0.2) is 14.4 Å². The van der Waals surface area contributed by atoms with Gasteiger partial charge in [0.25, 0.3) is 0 Å². The molecule has 0 aliphatic carbocycles. The lowest BCUT2D eigenvalue weighted by Crippen LogP contribution is -2.14. The molecule has 0 saturated carbocycles. The molecule has 0 aromatic rings. The van der Waals surface area contributed by atoms with E-state index in [1.165, 1.54) is 35.3 Å². The molecule has 1 rings (SSSR count). The highest BCUT2D eigenvalue weighted by molar-refractivity contribution is 8.43. The van der Waals surface area contributed by atoms with Crippen LogP contribution < -0.4 is 0 Å². The molecular weight excluding hydrogens is 291 g/mol. The van der Waals surface area contributed by atoms with Gasteiger partial charge in [0.15, 0.2) is 0 Å². The third kappa shape index (κ3) is 3.79. The van der Waals surface area contributed by atoms with Crippen LogP contribution in [0, 0.1) is 10.7 Å². The number of nitrogens with zero attached hydrogens (tertiary/aromatic N) is 2. The number of thiocyanates is 1. The lowest BCUT2D eigenvalue weighted by atomic mass is 10.1. The normalized spacial score (nSPS) is 18.6. The van der Waals surface area contributed by atoms with Crippen molar-refractivity contribution in [1.82, 2.24) is 0 Å². The summed E-state index contributed by atoms with van der Waals surface area (Å²) in [7, 11) is 0. The van der Waals surface area contributed by atoms with Gasteiger partial charge in [0.05, 0.1) is 10.6 Å². The van der Waals surface area contributed by atoms with E-state index < -0.39 is 0 Å². The maximum Gasteiger partial charge on any atom is 0.134 e. The van der Waals surface area contributed by atoms with E-state index in [1.54, 1.807) is 0 Å². The molecule has 0 aromatic heterocycles. The first kappa shape index (κ1) is 13.6. The van der Waals surface area contributed by atoms with Crippen molar-refractivity contribution in [2.24, 2.45) is 4.99 Å². The second kappa shape index (κ2) is 5.74. The Morgan fingerprint density at radius 3 is 2.73 bits per heavy atom. The molecule has 0 fully saturated rings. The minimum atomic E-state index is -0.344. The maximum atomic E-state index is 8.38. The zero-order chi connectivity index (χ0) is 11.5. The summed E-state index contributed by atoms with van der Waals surface area (Å²) >= 11 is 15.8. The molecule has 1 aliphatic rings. The van der Waals surface area contributed by atoms with Crippen LogP contribution in [0.5, 0.6) is 0 Å². The first-order chi connectivity index (χ1) is 6.97. The molecule has 0 aromatic carbocycles. The van der Waals surface area contributed by atoms with Gasteiger partial charge in [0.1, 0.15) is 14.3 Å². The lowest BCUT2D eigenvalue weighted by molar-refractivity contribution is 0.657. The van der Waals surface area contributed by atoms with E-state index in [1.807, 2.05) is 19.2 Å². The highest BCUT2D eigenvalue weighted by Crippen LogP contribution is 2.46. The van der Waals surface area contributed by atoms with Crippen molar-refractivity contribution < 1.29 is 0 Å². The van der Waals surface area contributed by atoms with E-state index in [9.17, 15) is 0 Å². The number of aliphatic imine (C=N–C) groups is 1. The molecule has 0 amide bonds. The minimum absolute atomic E-state index is 0.275. The standard InChI is InChI=1S/C8H8Cl2N2S3/c1-8(2)5(6(9)10)15-7(12-8)14-4-13-3-11/h4H2,1-2H3. The molecule has 0 atom stereocenters. The summed E-state index contributed by atoms with van der Waals surface area (Å²) in [6.07, 6.45) is 0. The number of hydrogen-bond acceptors (Lipinski definition) is 5. The Bertz CT molecular complexity index is 353. The van der Waals surface area contributed by atoms with Crippen molar-refractivity contribution in [3.05, 3.63) is 9.40 Å². The number of thioether (sulfide) groups is 3. The van der Waals surface area contributed by atoms with Crippen molar-refractivity contribution in [3.63, 3.8) is 0 Å². The Hall–Kier alpha value is 0.530. The van der Waals surface area contributed by atoms with Crippen LogP contribution in [0.3, 0.4) is 0 Å². The fourth-order valence-corrected chi connectivity index (χ4v) is 4.53. The molecule has 2 nitrogen and oxygen atoms in total. The Balaban J connectivity index is 2.67. The monoisotopic (exact) mass is 298 g/mol. The second-order valence-corrected chi connectivity index (χ2v) is 7.42. The Morgan fingerprint density at radius 2 is 2.27 bits per heavy atom. The van der Waals surface area contributed by atoms with Crippen LogP contribution >= 0.6 is 58.5 Å². The summed E-state index contributed by atoms with van der Waals surface area (Å²) in [5, 5.41) is 11.1. The average molecular weight is 299 g/mol. The Kier molecular flexibility index (Phi) is 5.20. The summed E-state index contributed by atoms with van der Waals surface area (Å²) in [4.78, 5) is 5.36. The van der Waals surface area contributed by atoms with Gasteiger partial charge in [-0.05, 0) is 25.6 Å². The summed E-state index contributed by atoms with van der Waals surface area (Å²) in [5.74, 6) is 0. The van der Waals surface area contributed by atoms with Crippen LogP contribution in [-0.2, 0) is 0 Å². The van der Waals surface area contributed by atoms with Crippen molar-refractivity contribution in [2.75, 3.05) is 5.08 Å². The SMILES string of the molecule is CC1(C)N=C(SCSC#N)SC1=C(Cl)Cl. The van der Waals surface area contributed by atoms with Crippen LogP contribution in [-0.4, -0.2) is 15.0 Å². The van der Waals surface area contributed by atoms with E-state index in [-0.39, 0.29) is 10.0 Å². The third-order valence-electron chi connectivity index (χ3n) is 1.59. The van der Waals surface area contributed by atoms with Crippen LogP contribution in [0.2, 0.25) is 0 Å². The molecule has 1 aliphatic heterocycles. The predicted molar refractivity (Wildman–Crippen MR) is 73.5 cm³/mol. The van der Waals surface area contributed by atoms with Gasteiger partial charge < -0.3 is 0 Å². The zero-order valence-corrected chi connectivity index (χ0v) is 12.0. The largest absolute Gasteiger partial charge is 0.260 e. The summed E-state index contributed by atoms with van der Waals surface area (Å²) < 4.78 is 1.19. The van der Waals surface area contributed by atoms with Gasteiger partial charge in [0.2, 0.25) is 0 Å². The smallest absolute Gasteiger partial charge is 0.134 e. The molecule has 0 radical (unpaired) electrons. The summed E-state index contributed by atoms with van der Waals surface area (Å²) in [6.45, 7) is 3.93. The van der Waals surface area contributed by atoms with Crippen molar-refractivity contribution in [2.45, 2.75) is 19.4 Å². The van der Waals surface area contributed by atoms with E-state index in [4.69, 9.17) is 28.5 Å². The Morgan fingerprint density at radius 1 is 1.60 bits per heavy atom. The van der Waals surface area contributed by atoms with Gasteiger partial charge in [-0.2, -0.15) is 5.26 Å². The number of halogens is 2. The molecule has 0 spiro atoms. The van der Waals surface area contributed by atoms with Gasteiger partial charge in [0, 0.05) is 4.91 Å². The summed E-state index contributed by atoms with van der Waals surface area (Å²) in [6, 6.07) is 0. The lowest BCUT2D eigenvalue weighted by Gasteiger charge is -2.14. The van der Waals surface area contributed by atoms with Crippen molar-refractivity contribution in [1.29, 1.82) is 5.26 Å². The molecule has 82 valence electrons. The van der Waals surface area contributed by atoms with E-state index in [0.29, 0.717) is 5.08 Å². The van der Waals surface area contributed by atoms with E-state index >= 15 is 0 Å². The predicted octanol–water partition coefficient (Wildman–Crippen LogP) is 4.42. The van der Waals surface area contributed by atoms with Crippen molar-refractivity contribution >= 4 is 62.9 Å². The third-order valence-corrected chi connectivity index (χ3v) is 5.38. The number of rotatable bonds is 2. The zero-order valence-electron chi connectivity index (χ0n) is 8.08. The molecular formula is C8H8Cl2N2S3. The van der Waals surface area contributed by atoms with Crippen LogP contribution in [0.25, 0.3) is 0 Å². The van der Waals surface area contributed by atoms with Crippen LogP contribution in [0.1, 0.15) is 13.8 Å². The van der Waals surface area contributed by atoms with Gasteiger partial charge in [-0.3, -0.25) is 4.99 Å². The van der Waals surface area contributed by atoms with Crippen LogP contribution in [0.4, 0.5) is 0 Å². The van der Waals surface area contributed by atoms with E-state index in [2.05, 4.69) is 4.99 Å². The highest BCUT2D eigenvalue weighted by atomic mass is 35.5. The fraction of sp³-hybridized carbons (Fsp3) is 0.500. The Labute approximate surface area is 112 Å². The molecule has 0 unspecified atom stereocenters. The van der Waals surface area contributed by atoms with E-state index in [0.717, 1.165) is 9.28 Å². The fourth-order valence-electron chi connectivity index (χ4n) is 0.952. The second-order valence-electron chi connectivity index (χ2n) is 3.13. The summed E-state index contributed by atoms with van der Waals surface area (Å²) in [5.41, 5.74) is -0.344. The number of hydrogen-bond donors (Lipinski definition) is 0. The quantitative estimate of drug-likeness (QED) is 0.429. The maximum absolute atomic E-state index is 8.38. The molecule has 7 heteroatoms. The van der Waals surface area contributed by atoms with Gasteiger partial charge >= 0.3 is 0 Å². The topological polar surface area (TPSA) is 36.1 Å². The average Bonchev–Trinajstić information content (AvgIpc) is 2.41. The molecule has 1 heterocycles. The minimum Gasteiger partial charge on any atom is -0.260 e. The molecule has 15 heavy (non-hydrogen) atoms. The van der Waals surface area contributed by atoms with Crippen molar-refractivity contribution in [3.8, 4) is 5.40 Å². The first-order valence-electron chi connectivity index (χ1n) is 3.94. The number of nitriles is 1. The molecule has 0 N–H and O–H groups in total. The van der Waals surface area contributed by atoms with Gasteiger partial charge in [-0.15, -0.1) is 0 Å². The highest BCUT2D eigenvalue weighted by Gasteiger charge is 2.33. The van der Waals surface area contributed by atoms with Gasteiger partial charge in [-0.25, -0.2) is 0 Å². The van der Waals surface area contributed by atoms with Gasteiger partial charge in [-0.1, -0.05) is 46.7 Å². The first-order valence-corrected chi connectivity index (χ1v) is 7.49. The molecule has 0 saturated heterocycles. The molecule has 0 bridgehead atoms.